The van der Waals surface area contributed by atoms with E-state index in [0.717, 1.165) is 0 Å². The number of carbonyl (C=O) groups excluding carboxylic acids is 3. The fourth-order valence-electron chi connectivity index (χ4n) is 3.82. The summed E-state index contributed by atoms with van der Waals surface area (Å²) in [6.07, 6.45) is -1.05. The van der Waals surface area contributed by atoms with E-state index >= 15 is 0 Å². The summed E-state index contributed by atoms with van der Waals surface area (Å²) in [7, 11) is 1.75. The molecule has 1 fully saturated rings. The van der Waals surface area contributed by atoms with E-state index < -0.39 is 42.4 Å². The van der Waals surface area contributed by atoms with Crippen LogP contribution in [0.25, 0.3) is 22.6 Å². The van der Waals surface area contributed by atoms with Crippen molar-refractivity contribution in [1.82, 2.24) is 29.3 Å². The summed E-state index contributed by atoms with van der Waals surface area (Å²) in [6, 6.07) is 1.75. The van der Waals surface area contributed by atoms with Gasteiger partial charge in [-0.1, -0.05) is 0 Å². The highest BCUT2D eigenvalue weighted by atomic mass is 16.7. The maximum absolute atomic E-state index is 11.9. The lowest BCUT2D eigenvalue weighted by Crippen LogP contribution is -2.40. The summed E-state index contributed by atoms with van der Waals surface area (Å²) < 4.78 is 25.1. The number of nitrogens with two attached hydrogens (primary N) is 1. The van der Waals surface area contributed by atoms with Crippen LogP contribution in [0.5, 0.6) is 0 Å². The molecule has 3 aromatic heterocycles. The van der Waals surface area contributed by atoms with Gasteiger partial charge in [-0.05, 0) is 6.07 Å². The van der Waals surface area contributed by atoms with Crippen LogP contribution in [0.4, 0.5) is 5.95 Å². The molecule has 0 aromatic carbocycles. The second kappa shape index (κ2) is 9.05. The molecule has 1 aliphatic heterocycles. The maximum atomic E-state index is 11.9. The molecule has 4 rings (SSSR count). The molecular weight excluding hydrogens is 450 g/mol. The molecule has 4 heterocycles. The average molecular weight is 473 g/mol. The molecule has 0 radical (unpaired) electrons. The van der Waals surface area contributed by atoms with Gasteiger partial charge in [0.25, 0.3) is 0 Å². The first kappa shape index (κ1) is 23.1. The highest BCUT2D eigenvalue weighted by molar-refractivity contribution is 5.87. The molecule has 2 N–H and O–H groups in total. The standard InChI is InChI=1S/C20H23N7O7/c1-9(28)31-7-13-16(32-10(2)29)17(33-11(3)30)19(34-13)27-8-22-15-14(12-5-6-23-26(12)4)24-20(21)25-18(15)27/h5-6,8,13,16-17,19H,7H2,1-4H3,(H2,21,24,25)/t13-,16-,17-,19-/m1/s1. The lowest BCUT2D eigenvalue weighted by Gasteiger charge is -2.23. The fraction of sp³-hybridized carbons (Fsp3) is 0.450. The van der Waals surface area contributed by atoms with Gasteiger partial charge in [0, 0.05) is 34.0 Å². The molecule has 180 valence electrons. The Morgan fingerprint density at radius 3 is 2.41 bits per heavy atom. The molecule has 14 nitrogen and oxygen atoms in total. The average Bonchev–Trinajstić information content (AvgIpc) is 3.43. The van der Waals surface area contributed by atoms with Crippen LogP contribution in [0.15, 0.2) is 18.6 Å². The molecule has 4 atom stereocenters. The van der Waals surface area contributed by atoms with E-state index in [-0.39, 0.29) is 12.6 Å². The zero-order valence-corrected chi connectivity index (χ0v) is 18.9. The summed E-state index contributed by atoms with van der Waals surface area (Å²) in [5.41, 5.74) is 7.76. The van der Waals surface area contributed by atoms with E-state index in [1.807, 2.05) is 0 Å². The second-order valence-corrected chi connectivity index (χ2v) is 7.61. The second-order valence-electron chi connectivity index (χ2n) is 7.61. The number of imidazole rings is 1. The van der Waals surface area contributed by atoms with E-state index in [1.165, 1.54) is 31.7 Å². The highest BCUT2D eigenvalue weighted by Gasteiger charge is 2.51. The minimum Gasteiger partial charge on any atom is -0.463 e. The Bertz CT molecular complexity index is 1250. The van der Waals surface area contributed by atoms with Gasteiger partial charge < -0.3 is 24.7 Å². The van der Waals surface area contributed by atoms with Gasteiger partial charge in [-0.2, -0.15) is 10.1 Å². The smallest absolute Gasteiger partial charge is 0.303 e. The molecule has 14 heteroatoms. The van der Waals surface area contributed by atoms with Gasteiger partial charge in [0.05, 0.1) is 12.0 Å². The minimum absolute atomic E-state index is 0.0273. The summed E-state index contributed by atoms with van der Waals surface area (Å²) in [5.74, 6) is -1.83. The van der Waals surface area contributed by atoms with E-state index in [1.54, 1.807) is 24.0 Å². The SMILES string of the molecule is CC(=O)OC[C@H]1O[C@@H](n2cnc3c(-c4ccnn4C)nc(N)nc32)[C@H](OC(C)=O)[C@@H]1OC(C)=O. The van der Waals surface area contributed by atoms with Crippen LogP contribution < -0.4 is 5.73 Å². The zero-order chi connectivity index (χ0) is 24.6. The Labute approximate surface area is 193 Å². The van der Waals surface area contributed by atoms with Gasteiger partial charge in [-0.15, -0.1) is 0 Å². The van der Waals surface area contributed by atoms with Gasteiger partial charge >= 0.3 is 17.9 Å². The summed E-state index contributed by atoms with van der Waals surface area (Å²) >= 11 is 0. The number of nitrogens with zero attached hydrogens (tertiary/aromatic N) is 6. The molecule has 0 bridgehead atoms. The van der Waals surface area contributed by atoms with Crippen molar-refractivity contribution in [3.63, 3.8) is 0 Å². The normalized spacial score (nSPS) is 22.0. The molecular formula is C20H23N7O7. The predicted molar refractivity (Wildman–Crippen MR) is 114 cm³/mol. The van der Waals surface area contributed by atoms with Crippen molar-refractivity contribution < 1.29 is 33.3 Å². The summed E-state index contributed by atoms with van der Waals surface area (Å²) in [5, 5.41) is 4.15. The number of hydrogen-bond donors (Lipinski definition) is 1. The third-order valence-corrected chi connectivity index (χ3v) is 5.12. The Morgan fingerprint density at radius 2 is 1.79 bits per heavy atom. The van der Waals surface area contributed by atoms with E-state index in [0.29, 0.717) is 22.6 Å². The first-order chi connectivity index (χ1) is 16.2. The number of esters is 3. The Kier molecular flexibility index (Phi) is 6.15. The minimum atomic E-state index is -1.09. The number of aromatic nitrogens is 6. The number of rotatable bonds is 6. The van der Waals surface area contributed by atoms with Crippen LogP contribution in [-0.4, -0.2) is 72.1 Å². The van der Waals surface area contributed by atoms with Crippen molar-refractivity contribution in [3.05, 3.63) is 18.6 Å². The van der Waals surface area contributed by atoms with Crippen molar-refractivity contribution in [2.24, 2.45) is 7.05 Å². The molecule has 3 aromatic rings. The lowest BCUT2D eigenvalue weighted by molar-refractivity contribution is -0.166. The number of fused-ring (bicyclic) bond motifs is 1. The molecule has 1 aliphatic rings. The largest absolute Gasteiger partial charge is 0.463 e. The van der Waals surface area contributed by atoms with E-state index in [4.69, 9.17) is 24.7 Å². The number of aryl methyl sites for hydroxylation is 1. The van der Waals surface area contributed by atoms with Crippen molar-refractivity contribution in [2.45, 2.75) is 45.3 Å². The third-order valence-electron chi connectivity index (χ3n) is 5.12. The number of ether oxygens (including phenoxy) is 4. The van der Waals surface area contributed by atoms with Crippen LogP contribution in [-0.2, 0) is 40.4 Å². The number of hydrogen-bond acceptors (Lipinski definition) is 12. The molecule has 0 saturated carbocycles. The summed E-state index contributed by atoms with van der Waals surface area (Å²) in [6.45, 7) is 3.43. The van der Waals surface area contributed by atoms with Gasteiger partial charge in [0.1, 0.15) is 23.9 Å². The Hall–Kier alpha value is -4.07. The quantitative estimate of drug-likeness (QED) is 0.379. The molecule has 0 aliphatic carbocycles. The first-order valence-corrected chi connectivity index (χ1v) is 10.3. The highest BCUT2D eigenvalue weighted by Crippen LogP contribution is 2.37. The molecule has 0 unspecified atom stereocenters. The van der Waals surface area contributed by atoms with Crippen molar-refractivity contribution in [1.29, 1.82) is 0 Å². The number of nitrogen functional groups attached to an aromatic ring is 1. The van der Waals surface area contributed by atoms with Gasteiger partial charge in [-0.25, -0.2) is 9.97 Å². The van der Waals surface area contributed by atoms with E-state index in [2.05, 4.69) is 20.1 Å². The van der Waals surface area contributed by atoms with Gasteiger partial charge in [0.15, 0.2) is 24.1 Å². The summed E-state index contributed by atoms with van der Waals surface area (Å²) in [4.78, 5) is 48.1. The molecule has 0 amide bonds. The fourth-order valence-corrected chi connectivity index (χ4v) is 3.82. The monoisotopic (exact) mass is 473 g/mol. The predicted octanol–water partition coefficient (Wildman–Crippen LogP) is 0.133. The molecule has 0 spiro atoms. The lowest BCUT2D eigenvalue weighted by atomic mass is 10.1. The third kappa shape index (κ3) is 4.39. The van der Waals surface area contributed by atoms with Crippen LogP contribution in [0.2, 0.25) is 0 Å². The van der Waals surface area contributed by atoms with Crippen molar-refractivity contribution >= 4 is 35.0 Å². The van der Waals surface area contributed by atoms with Crippen LogP contribution in [0, 0.1) is 0 Å². The maximum Gasteiger partial charge on any atom is 0.303 e. The van der Waals surface area contributed by atoms with Crippen LogP contribution in [0.3, 0.4) is 0 Å². The van der Waals surface area contributed by atoms with Crippen LogP contribution in [0.1, 0.15) is 27.0 Å². The van der Waals surface area contributed by atoms with Crippen LogP contribution >= 0.6 is 0 Å². The van der Waals surface area contributed by atoms with Gasteiger partial charge in [-0.3, -0.25) is 23.6 Å². The zero-order valence-electron chi connectivity index (χ0n) is 18.9. The Balaban J connectivity index is 1.80. The van der Waals surface area contributed by atoms with Gasteiger partial charge in [0.2, 0.25) is 5.95 Å². The molecule has 1 saturated heterocycles. The number of anilines is 1. The number of carbonyl (C=O) groups is 3. The topological polar surface area (TPSA) is 176 Å². The van der Waals surface area contributed by atoms with Crippen molar-refractivity contribution in [2.75, 3.05) is 12.3 Å². The van der Waals surface area contributed by atoms with E-state index in [9.17, 15) is 14.4 Å². The first-order valence-electron chi connectivity index (χ1n) is 10.3. The molecule has 34 heavy (non-hydrogen) atoms. The van der Waals surface area contributed by atoms with Crippen molar-refractivity contribution in [3.8, 4) is 11.4 Å². The Morgan fingerprint density at radius 1 is 1.09 bits per heavy atom.